The second kappa shape index (κ2) is 6.99. The molecule has 2 aromatic rings. The number of hydrogen-bond acceptors (Lipinski definition) is 4. The van der Waals surface area contributed by atoms with Crippen molar-refractivity contribution in [3.05, 3.63) is 34.3 Å². The zero-order valence-corrected chi connectivity index (χ0v) is 13.7. The van der Waals surface area contributed by atoms with Gasteiger partial charge in [0.2, 0.25) is 0 Å². The summed E-state index contributed by atoms with van der Waals surface area (Å²) in [4.78, 5) is 11.4. The van der Waals surface area contributed by atoms with Crippen LogP contribution in [0, 0.1) is 0 Å². The lowest BCUT2D eigenvalue weighted by atomic mass is 10.2. The molecule has 0 aliphatic carbocycles. The van der Waals surface area contributed by atoms with Gasteiger partial charge in [0.05, 0.1) is 17.2 Å². The first-order valence-corrected chi connectivity index (χ1v) is 8.11. The average Bonchev–Trinajstić information content (AvgIpc) is 3.00. The van der Waals surface area contributed by atoms with Crippen LogP contribution in [0.4, 0.5) is 0 Å². The Labute approximate surface area is 125 Å². The van der Waals surface area contributed by atoms with Crippen molar-refractivity contribution >= 4 is 11.3 Å². The van der Waals surface area contributed by atoms with Crippen molar-refractivity contribution in [3.8, 4) is 0 Å². The first-order valence-electron chi connectivity index (χ1n) is 7.23. The molecule has 0 aliphatic heterocycles. The first kappa shape index (κ1) is 15.2. The summed E-state index contributed by atoms with van der Waals surface area (Å²) in [5.41, 5.74) is 1.16. The van der Waals surface area contributed by atoms with Gasteiger partial charge < -0.3 is 4.57 Å². The molecule has 0 saturated carbocycles. The van der Waals surface area contributed by atoms with Crippen LogP contribution in [0.15, 0.2) is 17.8 Å². The van der Waals surface area contributed by atoms with E-state index in [1.54, 1.807) is 11.3 Å². The summed E-state index contributed by atoms with van der Waals surface area (Å²) in [6.07, 6.45) is 5.09. The quantitative estimate of drug-likeness (QED) is 0.783. The van der Waals surface area contributed by atoms with Gasteiger partial charge in [0.25, 0.3) is 0 Å². The van der Waals surface area contributed by atoms with Gasteiger partial charge in [-0.3, -0.25) is 4.90 Å². The van der Waals surface area contributed by atoms with E-state index >= 15 is 0 Å². The highest BCUT2D eigenvalue weighted by Gasteiger charge is 2.10. The molecule has 0 aromatic carbocycles. The minimum atomic E-state index is 0.516. The molecular weight excluding hydrogens is 268 g/mol. The Hall–Kier alpha value is -1.20. The zero-order valence-electron chi connectivity index (χ0n) is 12.8. The van der Waals surface area contributed by atoms with Crippen LogP contribution in [0.5, 0.6) is 0 Å². The van der Waals surface area contributed by atoms with Gasteiger partial charge in [-0.25, -0.2) is 9.97 Å². The van der Waals surface area contributed by atoms with E-state index in [-0.39, 0.29) is 0 Å². The van der Waals surface area contributed by atoms with Crippen LogP contribution in [-0.4, -0.2) is 26.5 Å². The Kier molecular flexibility index (Phi) is 5.31. The fourth-order valence-corrected chi connectivity index (χ4v) is 3.00. The molecule has 0 amide bonds. The number of imidazole rings is 1. The Balaban J connectivity index is 1.94. The smallest absolute Gasteiger partial charge is 0.122 e. The molecule has 4 nitrogen and oxygen atoms in total. The summed E-state index contributed by atoms with van der Waals surface area (Å²) in [6.45, 7) is 9.35. The second-order valence-electron chi connectivity index (χ2n) is 5.54. The lowest BCUT2D eigenvalue weighted by molar-refractivity contribution is 0.301. The fraction of sp³-hybridized carbons (Fsp3) is 0.600. The molecule has 20 heavy (non-hydrogen) atoms. The topological polar surface area (TPSA) is 34.0 Å². The molecule has 0 fully saturated rings. The minimum absolute atomic E-state index is 0.516. The van der Waals surface area contributed by atoms with Gasteiger partial charge in [0, 0.05) is 36.8 Å². The molecule has 0 aliphatic rings. The predicted molar refractivity (Wildman–Crippen MR) is 83.9 cm³/mol. The fourth-order valence-electron chi connectivity index (χ4n) is 2.17. The number of aryl methyl sites for hydroxylation is 1. The highest BCUT2D eigenvalue weighted by atomic mass is 32.1. The Morgan fingerprint density at radius 2 is 2.15 bits per heavy atom. The Morgan fingerprint density at radius 1 is 1.35 bits per heavy atom. The summed E-state index contributed by atoms with van der Waals surface area (Å²) >= 11 is 1.76. The van der Waals surface area contributed by atoms with Crippen molar-refractivity contribution in [3.63, 3.8) is 0 Å². The molecular formula is C15H24N4S. The molecule has 0 bridgehead atoms. The van der Waals surface area contributed by atoms with Gasteiger partial charge >= 0.3 is 0 Å². The van der Waals surface area contributed by atoms with Gasteiger partial charge in [-0.05, 0) is 13.5 Å². The summed E-state index contributed by atoms with van der Waals surface area (Å²) in [5.74, 6) is 1.65. The minimum Gasteiger partial charge on any atom is -0.334 e. The maximum Gasteiger partial charge on any atom is 0.122 e. The third kappa shape index (κ3) is 3.90. The maximum atomic E-state index is 4.69. The molecule has 0 saturated heterocycles. The van der Waals surface area contributed by atoms with Crippen molar-refractivity contribution in [2.45, 2.75) is 52.7 Å². The Bertz CT molecular complexity index is 529. The second-order valence-corrected chi connectivity index (χ2v) is 6.43. The number of thiazole rings is 1. The molecule has 2 rings (SSSR count). The number of nitrogens with zero attached hydrogens (tertiary/aromatic N) is 4. The summed E-state index contributed by atoms with van der Waals surface area (Å²) in [5, 5.41) is 3.39. The third-order valence-electron chi connectivity index (χ3n) is 3.17. The molecule has 0 radical (unpaired) electrons. The van der Waals surface area contributed by atoms with Gasteiger partial charge in [0.1, 0.15) is 5.82 Å². The van der Waals surface area contributed by atoms with Crippen LogP contribution in [0.1, 0.15) is 49.6 Å². The van der Waals surface area contributed by atoms with Crippen LogP contribution >= 0.6 is 11.3 Å². The molecule has 2 heterocycles. The lowest BCUT2D eigenvalue weighted by Gasteiger charge is -2.16. The van der Waals surface area contributed by atoms with Gasteiger partial charge in [0.15, 0.2) is 0 Å². The number of aromatic nitrogens is 3. The van der Waals surface area contributed by atoms with Crippen molar-refractivity contribution in [1.29, 1.82) is 0 Å². The van der Waals surface area contributed by atoms with E-state index in [0.717, 1.165) is 37.6 Å². The largest absolute Gasteiger partial charge is 0.334 e. The van der Waals surface area contributed by atoms with E-state index in [1.807, 2.05) is 6.20 Å². The van der Waals surface area contributed by atoms with Crippen LogP contribution in [-0.2, 0) is 19.6 Å². The summed E-state index contributed by atoms with van der Waals surface area (Å²) < 4.78 is 2.23. The van der Waals surface area contributed by atoms with Crippen molar-refractivity contribution in [1.82, 2.24) is 19.4 Å². The molecule has 0 spiro atoms. The van der Waals surface area contributed by atoms with Gasteiger partial charge in [-0.2, -0.15) is 0 Å². The van der Waals surface area contributed by atoms with Crippen LogP contribution in [0.25, 0.3) is 0 Å². The van der Waals surface area contributed by atoms with Gasteiger partial charge in [-0.15, -0.1) is 11.3 Å². The predicted octanol–water partition coefficient (Wildman–Crippen LogP) is 3.51. The SMILES string of the molecule is CCCn1ccnc1CN(C)Cc1csc(C(C)C)n1. The standard InChI is InChI=1S/C15H24N4S/c1-5-7-19-8-6-16-14(19)10-18(4)9-13-11-20-15(17-13)12(2)3/h6,8,11-12H,5,7,9-10H2,1-4H3. The molecule has 5 heteroatoms. The van der Waals surface area contributed by atoms with E-state index in [1.165, 1.54) is 5.01 Å². The lowest BCUT2D eigenvalue weighted by Crippen LogP contribution is -2.20. The summed E-state index contributed by atoms with van der Waals surface area (Å²) in [7, 11) is 2.12. The van der Waals surface area contributed by atoms with E-state index in [4.69, 9.17) is 0 Å². The normalized spacial score (nSPS) is 11.7. The van der Waals surface area contributed by atoms with Crippen LogP contribution < -0.4 is 0 Å². The first-order chi connectivity index (χ1) is 9.60. The third-order valence-corrected chi connectivity index (χ3v) is 4.37. The van der Waals surface area contributed by atoms with E-state index in [2.05, 4.69) is 58.8 Å². The van der Waals surface area contributed by atoms with Crippen molar-refractivity contribution < 1.29 is 0 Å². The van der Waals surface area contributed by atoms with E-state index in [9.17, 15) is 0 Å². The zero-order chi connectivity index (χ0) is 14.5. The highest BCUT2D eigenvalue weighted by molar-refractivity contribution is 7.09. The Morgan fingerprint density at radius 3 is 2.80 bits per heavy atom. The molecule has 0 N–H and O–H groups in total. The van der Waals surface area contributed by atoms with Crippen molar-refractivity contribution in [2.75, 3.05) is 7.05 Å². The maximum absolute atomic E-state index is 4.69. The number of hydrogen-bond donors (Lipinski definition) is 0. The summed E-state index contributed by atoms with van der Waals surface area (Å²) in [6, 6.07) is 0. The molecule has 0 unspecified atom stereocenters. The molecule has 110 valence electrons. The highest BCUT2D eigenvalue weighted by Crippen LogP contribution is 2.20. The van der Waals surface area contributed by atoms with Gasteiger partial charge in [-0.1, -0.05) is 20.8 Å². The monoisotopic (exact) mass is 292 g/mol. The molecule has 2 aromatic heterocycles. The number of rotatable bonds is 7. The van der Waals surface area contributed by atoms with E-state index < -0.39 is 0 Å². The van der Waals surface area contributed by atoms with Crippen LogP contribution in [0.2, 0.25) is 0 Å². The molecule has 0 atom stereocenters. The van der Waals surface area contributed by atoms with Crippen molar-refractivity contribution in [2.24, 2.45) is 0 Å². The van der Waals surface area contributed by atoms with E-state index in [0.29, 0.717) is 5.92 Å². The van der Waals surface area contributed by atoms with Crippen LogP contribution in [0.3, 0.4) is 0 Å². The average molecular weight is 292 g/mol.